The molecule has 0 saturated heterocycles. The highest BCUT2D eigenvalue weighted by Gasteiger charge is 2.50. The van der Waals surface area contributed by atoms with Crippen molar-refractivity contribution in [2.24, 2.45) is 0 Å². The van der Waals surface area contributed by atoms with E-state index in [4.69, 9.17) is 4.74 Å². The summed E-state index contributed by atoms with van der Waals surface area (Å²) >= 11 is 1.60. The van der Waals surface area contributed by atoms with Crippen LogP contribution in [0.3, 0.4) is 0 Å². The Kier molecular flexibility index (Phi) is 4.81. The summed E-state index contributed by atoms with van der Waals surface area (Å²) in [5.41, 5.74) is 1.16. The molecule has 3 aromatic rings. The van der Waals surface area contributed by atoms with Gasteiger partial charge in [-0.05, 0) is 61.9 Å². The van der Waals surface area contributed by atoms with Gasteiger partial charge < -0.3 is 14.6 Å². The lowest BCUT2D eigenvalue weighted by molar-refractivity contribution is -0.127. The number of fused-ring (bicyclic) bond motifs is 3. The molecule has 1 N–H and O–H groups in total. The van der Waals surface area contributed by atoms with Crippen molar-refractivity contribution in [2.45, 2.75) is 57.7 Å². The van der Waals surface area contributed by atoms with Crippen molar-refractivity contribution in [1.29, 1.82) is 0 Å². The van der Waals surface area contributed by atoms with Gasteiger partial charge >= 0.3 is 0 Å². The summed E-state index contributed by atoms with van der Waals surface area (Å²) in [6.07, 6.45) is 4.25. The minimum absolute atomic E-state index is 0.111. The number of nitrogens with zero attached hydrogens (tertiary/aromatic N) is 2. The fraction of sp³-hybridized carbons (Fsp3) is 0.417. The highest BCUT2D eigenvalue weighted by molar-refractivity contribution is 7.16. The fourth-order valence-corrected chi connectivity index (χ4v) is 5.86. The zero-order valence-corrected chi connectivity index (χ0v) is 18.9. The summed E-state index contributed by atoms with van der Waals surface area (Å²) in [4.78, 5) is 30.3. The van der Waals surface area contributed by atoms with Gasteiger partial charge in [-0.25, -0.2) is 0 Å². The normalized spacial score (nSPS) is 21.5. The summed E-state index contributed by atoms with van der Waals surface area (Å²) in [6, 6.07) is 9.86. The second-order valence-corrected chi connectivity index (χ2v) is 9.74. The Bertz CT molecular complexity index is 1170. The van der Waals surface area contributed by atoms with Crippen LogP contribution in [0.4, 0.5) is 5.69 Å². The Labute approximate surface area is 185 Å². The van der Waals surface area contributed by atoms with Crippen molar-refractivity contribution in [3.8, 4) is 5.75 Å². The monoisotopic (exact) mass is 437 g/mol. The number of thiophene rings is 1. The molecule has 1 aromatic carbocycles. The molecule has 2 amide bonds. The first kappa shape index (κ1) is 20.1. The number of amides is 2. The van der Waals surface area contributed by atoms with Gasteiger partial charge in [-0.1, -0.05) is 18.9 Å². The van der Waals surface area contributed by atoms with Crippen LogP contribution < -0.4 is 15.0 Å². The molecule has 1 atom stereocenters. The van der Waals surface area contributed by atoms with E-state index in [0.29, 0.717) is 23.7 Å². The number of anilines is 1. The van der Waals surface area contributed by atoms with E-state index in [1.54, 1.807) is 23.3 Å². The van der Waals surface area contributed by atoms with Crippen LogP contribution in [0.5, 0.6) is 5.75 Å². The standard InChI is InChI=1S/C24H27N3O3S/c1-15-8-9-20(30-3)18(12-15)27-21(28)19-13-16-10-11-31-22(16)26(19)14-24(27,2)23(29)25-17-6-4-5-7-17/h8-13,17H,4-7,14H2,1-3H3,(H,25,29)/t24-/m0/s1. The number of methoxy groups -OCH3 is 1. The van der Waals surface area contributed by atoms with Crippen LogP contribution in [0.2, 0.25) is 0 Å². The van der Waals surface area contributed by atoms with E-state index in [0.717, 1.165) is 41.5 Å². The second kappa shape index (κ2) is 7.41. The lowest BCUT2D eigenvalue weighted by atomic mass is 9.93. The molecule has 1 aliphatic carbocycles. The molecule has 2 aliphatic rings. The first-order chi connectivity index (χ1) is 14.9. The number of hydrogen-bond donors (Lipinski definition) is 1. The number of carbonyl (C=O) groups is 2. The Morgan fingerprint density at radius 2 is 2.00 bits per heavy atom. The maximum atomic E-state index is 13.9. The SMILES string of the molecule is COc1ccc(C)cc1N1C(=O)c2cc3ccsc3n2C[C@@]1(C)C(=O)NC1CCCC1. The van der Waals surface area contributed by atoms with Gasteiger partial charge in [-0.2, -0.15) is 0 Å². The number of ether oxygens (including phenoxy) is 1. The van der Waals surface area contributed by atoms with Crippen molar-refractivity contribution in [3.63, 3.8) is 0 Å². The molecule has 0 unspecified atom stereocenters. The van der Waals surface area contributed by atoms with Gasteiger partial charge in [-0.3, -0.25) is 14.5 Å². The second-order valence-electron chi connectivity index (χ2n) is 8.84. The first-order valence-corrected chi connectivity index (χ1v) is 11.7. The predicted octanol–water partition coefficient (Wildman–Crippen LogP) is 4.50. The van der Waals surface area contributed by atoms with Crippen molar-refractivity contribution in [1.82, 2.24) is 9.88 Å². The molecule has 1 saturated carbocycles. The highest BCUT2D eigenvalue weighted by atomic mass is 32.1. The molecule has 1 fully saturated rings. The van der Waals surface area contributed by atoms with Crippen LogP contribution >= 0.6 is 11.3 Å². The summed E-state index contributed by atoms with van der Waals surface area (Å²) in [7, 11) is 1.59. The summed E-state index contributed by atoms with van der Waals surface area (Å²) < 4.78 is 7.62. The molecule has 0 bridgehead atoms. The lowest BCUT2D eigenvalue weighted by Crippen LogP contribution is -2.65. The van der Waals surface area contributed by atoms with E-state index in [1.807, 2.05) is 54.1 Å². The molecule has 7 heteroatoms. The molecule has 162 valence electrons. The van der Waals surface area contributed by atoms with Crippen LogP contribution in [0.1, 0.15) is 48.7 Å². The van der Waals surface area contributed by atoms with Crippen molar-refractivity contribution < 1.29 is 14.3 Å². The van der Waals surface area contributed by atoms with Gasteiger partial charge in [0.1, 0.15) is 21.8 Å². The fourth-order valence-electron chi connectivity index (χ4n) is 4.96. The van der Waals surface area contributed by atoms with Crippen LogP contribution in [0, 0.1) is 6.92 Å². The van der Waals surface area contributed by atoms with E-state index in [2.05, 4.69) is 5.32 Å². The number of benzene rings is 1. The van der Waals surface area contributed by atoms with Crippen molar-refractivity contribution in [3.05, 3.63) is 47.0 Å². The number of nitrogens with one attached hydrogen (secondary N) is 1. The molecular formula is C24H27N3O3S. The van der Waals surface area contributed by atoms with E-state index in [1.165, 1.54) is 0 Å². The van der Waals surface area contributed by atoms with Crippen LogP contribution in [0.25, 0.3) is 10.2 Å². The minimum Gasteiger partial charge on any atom is -0.495 e. The number of hydrogen-bond acceptors (Lipinski definition) is 4. The minimum atomic E-state index is -1.08. The van der Waals surface area contributed by atoms with E-state index < -0.39 is 5.54 Å². The molecule has 31 heavy (non-hydrogen) atoms. The molecule has 0 spiro atoms. The molecule has 5 rings (SSSR count). The van der Waals surface area contributed by atoms with Crippen LogP contribution in [-0.2, 0) is 11.3 Å². The highest BCUT2D eigenvalue weighted by Crippen LogP contribution is 2.41. The van der Waals surface area contributed by atoms with Gasteiger partial charge in [0.25, 0.3) is 5.91 Å². The quantitative estimate of drug-likeness (QED) is 0.654. The van der Waals surface area contributed by atoms with Gasteiger partial charge in [0.15, 0.2) is 0 Å². The average Bonchev–Trinajstić information content (AvgIpc) is 3.47. The summed E-state index contributed by atoms with van der Waals surface area (Å²) in [5, 5.41) is 6.30. The van der Waals surface area contributed by atoms with E-state index in [-0.39, 0.29) is 17.9 Å². The molecular weight excluding hydrogens is 410 g/mol. The third-order valence-electron chi connectivity index (χ3n) is 6.64. The zero-order valence-electron chi connectivity index (χ0n) is 18.1. The largest absolute Gasteiger partial charge is 0.495 e. The van der Waals surface area contributed by atoms with E-state index >= 15 is 0 Å². The van der Waals surface area contributed by atoms with Crippen LogP contribution in [0.15, 0.2) is 35.7 Å². The van der Waals surface area contributed by atoms with Gasteiger partial charge in [0.05, 0.1) is 19.3 Å². The Morgan fingerprint density at radius 3 is 2.74 bits per heavy atom. The Hall–Kier alpha value is -2.80. The number of aryl methyl sites for hydroxylation is 1. The Morgan fingerprint density at radius 1 is 1.23 bits per heavy atom. The first-order valence-electron chi connectivity index (χ1n) is 10.8. The van der Waals surface area contributed by atoms with Crippen LogP contribution in [-0.4, -0.2) is 35.1 Å². The number of aromatic nitrogens is 1. The smallest absolute Gasteiger partial charge is 0.276 e. The zero-order chi connectivity index (χ0) is 21.8. The van der Waals surface area contributed by atoms with E-state index in [9.17, 15) is 9.59 Å². The molecule has 3 heterocycles. The lowest BCUT2D eigenvalue weighted by Gasteiger charge is -2.44. The van der Waals surface area contributed by atoms with Gasteiger partial charge in [-0.15, -0.1) is 11.3 Å². The third kappa shape index (κ3) is 3.14. The maximum Gasteiger partial charge on any atom is 0.276 e. The molecule has 1 aliphatic heterocycles. The predicted molar refractivity (Wildman–Crippen MR) is 123 cm³/mol. The molecule has 6 nitrogen and oxygen atoms in total. The summed E-state index contributed by atoms with van der Waals surface area (Å²) in [6.45, 7) is 4.25. The molecule has 2 aromatic heterocycles. The Balaban J connectivity index is 1.67. The molecule has 0 radical (unpaired) electrons. The summed E-state index contributed by atoms with van der Waals surface area (Å²) in [5.74, 6) is 0.295. The van der Waals surface area contributed by atoms with Gasteiger partial charge in [0.2, 0.25) is 5.91 Å². The van der Waals surface area contributed by atoms with Gasteiger partial charge in [0, 0.05) is 11.4 Å². The van der Waals surface area contributed by atoms with Crippen molar-refractivity contribution in [2.75, 3.05) is 12.0 Å². The third-order valence-corrected chi connectivity index (χ3v) is 7.59. The number of rotatable bonds is 4. The number of carbonyl (C=O) groups excluding carboxylic acids is 2. The van der Waals surface area contributed by atoms with Crippen molar-refractivity contribution >= 4 is 39.1 Å². The topological polar surface area (TPSA) is 63.6 Å². The average molecular weight is 438 g/mol. The maximum absolute atomic E-state index is 13.9.